The van der Waals surface area contributed by atoms with Crippen molar-refractivity contribution in [2.24, 2.45) is 9.98 Å². The quantitative estimate of drug-likeness (QED) is 0.238. The van der Waals surface area contributed by atoms with Crippen molar-refractivity contribution in [2.45, 2.75) is 13.0 Å². The lowest BCUT2D eigenvalue weighted by Crippen LogP contribution is -2.27. The second-order valence-corrected chi connectivity index (χ2v) is 9.78. The molecule has 2 aliphatic heterocycles. The van der Waals surface area contributed by atoms with Crippen molar-refractivity contribution in [1.82, 2.24) is 0 Å². The Bertz CT molecular complexity index is 1620. The standard InChI is InChI=1S/C26H16Cl4N4/c1-13-16-8-14(9-19(29)26(16)30)32-21-11-23-25(12-22(21)31-13)34(15-6-7-17(27)18(28)10-15)24-5-3-2-4-20(24)33-23/h2-13,32H,1H3. The summed E-state index contributed by atoms with van der Waals surface area (Å²) < 4.78 is 0. The summed E-state index contributed by atoms with van der Waals surface area (Å²) in [4.78, 5) is 12.0. The van der Waals surface area contributed by atoms with E-state index in [4.69, 9.17) is 56.4 Å². The molecular weight excluding hydrogens is 510 g/mol. The van der Waals surface area contributed by atoms with E-state index in [0.717, 1.165) is 50.4 Å². The third-order valence-corrected chi connectivity index (χ3v) is 7.53. The molecular formula is C26H16Cl4N4. The van der Waals surface area contributed by atoms with Crippen molar-refractivity contribution in [2.75, 3.05) is 10.2 Å². The first kappa shape index (κ1) is 21.8. The van der Waals surface area contributed by atoms with Crippen molar-refractivity contribution < 1.29 is 0 Å². The summed E-state index contributed by atoms with van der Waals surface area (Å²) in [5.74, 6) is 0. The zero-order chi connectivity index (χ0) is 23.6. The highest BCUT2D eigenvalue weighted by Crippen LogP contribution is 2.43. The number of rotatable bonds is 1. The predicted molar refractivity (Wildman–Crippen MR) is 141 cm³/mol. The normalized spacial score (nSPS) is 15.6. The Morgan fingerprint density at radius 2 is 1.62 bits per heavy atom. The van der Waals surface area contributed by atoms with Gasteiger partial charge in [-0.1, -0.05) is 58.5 Å². The molecule has 0 aromatic heterocycles. The maximum Gasteiger partial charge on any atom is 0.0900 e. The van der Waals surface area contributed by atoms with Crippen LogP contribution in [0.25, 0.3) is 0 Å². The highest BCUT2D eigenvalue weighted by Gasteiger charge is 2.24. The molecule has 168 valence electrons. The van der Waals surface area contributed by atoms with Gasteiger partial charge in [-0.25, -0.2) is 4.99 Å². The molecule has 6 rings (SSSR count). The summed E-state index contributed by atoms with van der Waals surface area (Å²) in [5.41, 5.74) is 6.13. The number of benzene rings is 4. The van der Waals surface area contributed by atoms with E-state index in [0.29, 0.717) is 20.1 Å². The van der Waals surface area contributed by atoms with E-state index in [-0.39, 0.29) is 6.04 Å². The van der Waals surface area contributed by atoms with Crippen LogP contribution in [0.4, 0.5) is 34.1 Å². The van der Waals surface area contributed by atoms with Crippen molar-refractivity contribution in [3.05, 3.63) is 103 Å². The van der Waals surface area contributed by atoms with Gasteiger partial charge < -0.3 is 10.2 Å². The van der Waals surface area contributed by atoms with Gasteiger partial charge in [-0.15, -0.1) is 0 Å². The first-order valence-corrected chi connectivity index (χ1v) is 12.1. The van der Waals surface area contributed by atoms with Crippen molar-refractivity contribution >= 4 is 80.5 Å². The fourth-order valence-electron chi connectivity index (χ4n) is 4.37. The van der Waals surface area contributed by atoms with Crippen LogP contribution in [0.15, 0.2) is 76.7 Å². The molecule has 34 heavy (non-hydrogen) atoms. The molecule has 4 aromatic carbocycles. The van der Waals surface area contributed by atoms with Crippen LogP contribution in [0.1, 0.15) is 18.5 Å². The zero-order valence-corrected chi connectivity index (χ0v) is 20.8. The average Bonchev–Trinajstić information content (AvgIpc) is 2.81. The van der Waals surface area contributed by atoms with Gasteiger partial charge >= 0.3 is 0 Å². The number of halogens is 4. The molecule has 4 nitrogen and oxygen atoms in total. The smallest absolute Gasteiger partial charge is 0.0900 e. The molecule has 1 unspecified atom stereocenters. The number of nitrogens with zero attached hydrogens (tertiary/aromatic N) is 3. The van der Waals surface area contributed by atoms with E-state index in [9.17, 15) is 0 Å². The van der Waals surface area contributed by atoms with Gasteiger partial charge in [0, 0.05) is 11.4 Å². The van der Waals surface area contributed by atoms with Gasteiger partial charge in [-0.05, 0) is 67.1 Å². The highest BCUT2D eigenvalue weighted by molar-refractivity contribution is 6.43. The molecule has 0 radical (unpaired) electrons. The zero-order valence-electron chi connectivity index (χ0n) is 17.8. The van der Waals surface area contributed by atoms with Gasteiger partial charge in [0.1, 0.15) is 0 Å². The van der Waals surface area contributed by atoms with Crippen LogP contribution in [0, 0.1) is 0 Å². The summed E-state index contributed by atoms with van der Waals surface area (Å²) >= 11 is 25.5. The van der Waals surface area contributed by atoms with E-state index in [1.807, 2.05) is 67.6 Å². The Labute approximate surface area is 216 Å². The van der Waals surface area contributed by atoms with E-state index >= 15 is 0 Å². The molecule has 2 bridgehead atoms. The summed E-state index contributed by atoms with van der Waals surface area (Å²) in [7, 11) is 0. The number of hydrogen-bond acceptors (Lipinski definition) is 4. The maximum absolute atomic E-state index is 6.48. The lowest BCUT2D eigenvalue weighted by molar-refractivity contribution is 0.788. The van der Waals surface area contributed by atoms with E-state index in [2.05, 4.69) is 10.2 Å². The van der Waals surface area contributed by atoms with Gasteiger partial charge in [-0.3, -0.25) is 4.99 Å². The number of hydrogen-bond donors (Lipinski definition) is 1. The number of nitrogens with one attached hydrogen (secondary N) is 1. The van der Waals surface area contributed by atoms with Crippen LogP contribution >= 0.6 is 46.4 Å². The Morgan fingerprint density at radius 3 is 2.44 bits per heavy atom. The number of fused-ring (bicyclic) bond motifs is 5. The van der Waals surface area contributed by atoms with Crippen molar-refractivity contribution in [3.8, 4) is 0 Å². The van der Waals surface area contributed by atoms with Crippen molar-refractivity contribution in [3.63, 3.8) is 0 Å². The third kappa shape index (κ3) is 3.53. The minimum absolute atomic E-state index is 0.185. The predicted octanol–water partition coefficient (Wildman–Crippen LogP) is 8.47. The van der Waals surface area contributed by atoms with E-state index < -0.39 is 0 Å². The first-order chi connectivity index (χ1) is 16.4. The van der Waals surface area contributed by atoms with E-state index in [1.54, 1.807) is 6.07 Å². The lowest BCUT2D eigenvalue weighted by Gasteiger charge is -2.30. The summed E-state index contributed by atoms with van der Waals surface area (Å²) in [6.45, 7) is 2.01. The van der Waals surface area contributed by atoms with Crippen molar-refractivity contribution in [1.29, 1.82) is 0 Å². The molecule has 1 atom stereocenters. The molecule has 1 N–H and O–H groups in total. The van der Waals surface area contributed by atoms with Crippen LogP contribution in [0.5, 0.6) is 0 Å². The number of para-hydroxylation sites is 2. The van der Waals surface area contributed by atoms with Gasteiger partial charge in [-0.2, -0.15) is 0 Å². The molecule has 4 aromatic rings. The Hall–Kier alpha value is -2.76. The third-order valence-electron chi connectivity index (χ3n) is 5.98. The monoisotopic (exact) mass is 524 g/mol. The van der Waals surface area contributed by atoms with Crippen LogP contribution in [-0.2, 0) is 0 Å². The Balaban J connectivity index is 1.62. The minimum Gasteiger partial charge on any atom is -0.354 e. The van der Waals surface area contributed by atoms with Gasteiger partial charge in [0.25, 0.3) is 0 Å². The number of anilines is 5. The summed E-state index contributed by atoms with van der Waals surface area (Å²) in [6.07, 6.45) is 0. The molecule has 2 heterocycles. The fraction of sp³-hybridized carbons (Fsp3) is 0.0769. The molecule has 0 amide bonds. The second kappa shape index (κ2) is 8.17. The Kier molecular flexibility index (Phi) is 5.23. The highest BCUT2D eigenvalue weighted by atomic mass is 35.5. The lowest BCUT2D eigenvalue weighted by atomic mass is 10.1. The molecule has 0 saturated heterocycles. The summed E-state index contributed by atoms with van der Waals surface area (Å²) in [6, 6.07) is 21.3. The SMILES string of the molecule is CC1N=c2cc3c(cc2Nc2cc(Cl)c(Cl)c1c2)=Nc1ccccc1N3c1ccc(Cl)c(Cl)c1. The minimum atomic E-state index is -0.185. The van der Waals surface area contributed by atoms with Crippen LogP contribution in [0.3, 0.4) is 0 Å². The van der Waals surface area contributed by atoms with Crippen LogP contribution in [0.2, 0.25) is 20.1 Å². The topological polar surface area (TPSA) is 40.0 Å². The Morgan fingerprint density at radius 1 is 0.794 bits per heavy atom. The van der Waals surface area contributed by atoms with Crippen LogP contribution < -0.4 is 20.9 Å². The second-order valence-electron chi connectivity index (χ2n) is 8.18. The summed E-state index contributed by atoms with van der Waals surface area (Å²) in [5, 5.41) is 7.05. The maximum atomic E-state index is 6.48. The van der Waals surface area contributed by atoms with Crippen LogP contribution in [-0.4, -0.2) is 0 Å². The fourth-order valence-corrected chi connectivity index (χ4v) is 5.16. The first-order valence-electron chi connectivity index (χ1n) is 10.6. The van der Waals surface area contributed by atoms with Gasteiger partial charge in [0.2, 0.25) is 0 Å². The van der Waals surface area contributed by atoms with Gasteiger partial charge in [0.05, 0.1) is 59.6 Å². The molecule has 0 spiro atoms. The molecule has 0 fully saturated rings. The molecule has 0 saturated carbocycles. The van der Waals surface area contributed by atoms with E-state index in [1.165, 1.54) is 0 Å². The largest absolute Gasteiger partial charge is 0.354 e. The molecule has 8 heteroatoms. The molecule has 0 aliphatic carbocycles. The average molecular weight is 526 g/mol. The molecule has 2 aliphatic rings. The van der Waals surface area contributed by atoms with Gasteiger partial charge in [0.15, 0.2) is 0 Å².